The van der Waals surface area contributed by atoms with Gasteiger partial charge < -0.3 is 9.32 Å². The largest absolute Gasteiger partial charge is 0.467 e. The summed E-state index contributed by atoms with van der Waals surface area (Å²) < 4.78 is 32.7. The number of sulfonamides is 1. The van der Waals surface area contributed by atoms with Gasteiger partial charge in [-0.05, 0) is 70.0 Å². The van der Waals surface area contributed by atoms with E-state index in [-0.39, 0.29) is 16.8 Å². The maximum Gasteiger partial charge on any atom is 0.254 e. The monoisotopic (exact) mass is 376 g/mol. The van der Waals surface area contributed by atoms with Crippen LogP contribution in [0.1, 0.15) is 49.7 Å². The Morgan fingerprint density at radius 3 is 2.35 bits per heavy atom. The van der Waals surface area contributed by atoms with Crippen molar-refractivity contribution < 1.29 is 17.6 Å². The minimum absolute atomic E-state index is 0.114. The molecule has 0 bridgehead atoms. The third kappa shape index (κ3) is 4.53. The van der Waals surface area contributed by atoms with Crippen molar-refractivity contribution in [3.63, 3.8) is 0 Å². The van der Waals surface area contributed by atoms with Gasteiger partial charge in [-0.1, -0.05) is 0 Å². The summed E-state index contributed by atoms with van der Waals surface area (Å²) in [5.41, 5.74) is -0.0998. The van der Waals surface area contributed by atoms with Gasteiger partial charge in [-0.15, -0.1) is 0 Å². The molecule has 0 aliphatic heterocycles. The number of carbonyl (C=O) groups is 1. The Morgan fingerprint density at radius 1 is 1.19 bits per heavy atom. The smallest absolute Gasteiger partial charge is 0.254 e. The van der Waals surface area contributed by atoms with E-state index in [0.717, 1.165) is 18.6 Å². The number of furan rings is 1. The summed E-state index contributed by atoms with van der Waals surface area (Å²) in [6, 6.07) is 9.94. The van der Waals surface area contributed by atoms with Crippen LogP contribution in [0.2, 0.25) is 0 Å². The summed E-state index contributed by atoms with van der Waals surface area (Å²) in [7, 11) is -3.62. The molecule has 1 N–H and O–H groups in total. The van der Waals surface area contributed by atoms with Crippen molar-refractivity contribution in [3.05, 3.63) is 54.0 Å². The molecule has 6 nitrogen and oxygen atoms in total. The van der Waals surface area contributed by atoms with Crippen LogP contribution in [0.25, 0.3) is 0 Å². The van der Waals surface area contributed by atoms with Gasteiger partial charge in [0.05, 0.1) is 17.7 Å². The van der Waals surface area contributed by atoms with E-state index in [1.165, 1.54) is 12.1 Å². The SMILES string of the molecule is CC(C)(C)NS(=O)(=O)c1ccc(C(=O)N(Cc2ccco2)C2CC2)cc1. The van der Waals surface area contributed by atoms with E-state index in [0.29, 0.717) is 12.1 Å². The van der Waals surface area contributed by atoms with E-state index in [9.17, 15) is 13.2 Å². The lowest BCUT2D eigenvalue weighted by Gasteiger charge is -2.22. The zero-order valence-electron chi connectivity index (χ0n) is 15.2. The number of rotatable bonds is 6. The number of hydrogen-bond donors (Lipinski definition) is 1. The molecular weight excluding hydrogens is 352 g/mol. The fourth-order valence-electron chi connectivity index (χ4n) is 2.73. The van der Waals surface area contributed by atoms with Crippen molar-refractivity contribution in [3.8, 4) is 0 Å². The summed E-state index contributed by atoms with van der Waals surface area (Å²) in [5.74, 6) is 0.621. The first-order valence-corrected chi connectivity index (χ1v) is 10.1. The summed E-state index contributed by atoms with van der Waals surface area (Å²) in [6.07, 6.45) is 3.55. The number of nitrogens with zero attached hydrogens (tertiary/aromatic N) is 1. The quantitative estimate of drug-likeness (QED) is 0.840. The zero-order valence-corrected chi connectivity index (χ0v) is 16.0. The molecule has 1 aromatic carbocycles. The molecule has 0 radical (unpaired) electrons. The zero-order chi connectivity index (χ0) is 18.9. The summed E-state index contributed by atoms with van der Waals surface area (Å²) in [4.78, 5) is 14.8. The molecule has 0 atom stereocenters. The fraction of sp³-hybridized carbons (Fsp3) is 0.421. The number of nitrogens with one attached hydrogen (secondary N) is 1. The number of hydrogen-bond acceptors (Lipinski definition) is 4. The average Bonchev–Trinajstić information content (AvgIpc) is 3.26. The number of carbonyl (C=O) groups excluding carboxylic acids is 1. The molecule has 1 heterocycles. The molecule has 1 aromatic heterocycles. The summed E-state index contributed by atoms with van der Waals surface area (Å²) in [6.45, 7) is 5.77. The molecule has 3 rings (SSSR count). The van der Waals surface area contributed by atoms with E-state index in [4.69, 9.17) is 4.42 Å². The first-order valence-electron chi connectivity index (χ1n) is 8.63. The van der Waals surface area contributed by atoms with E-state index < -0.39 is 15.6 Å². The van der Waals surface area contributed by atoms with Crippen LogP contribution in [0.5, 0.6) is 0 Å². The van der Waals surface area contributed by atoms with Crippen LogP contribution < -0.4 is 4.72 Å². The molecule has 1 amide bonds. The van der Waals surface area contributed by atoms with Crippen LogP contribution in [0.3, 0.4) is 0 Å². The molecule has 140 valence electrons. The number of amides is 1. The normalized spacial score (nSPS) is 15.0. The molecule has 0 spiro atoms. The van der Waals surface area contributed by atoms with Gasteiger partial charge in [0.15, 0.2) is 0 Å². The van der Waals surface area contributed by atoms with Gasteiger partial charge in [-0.2, -0.15) is 0 Å². The first-order chi connectivity index (χ1) is 12.2. The lowest BCUT2D eigenvalue weighted by atomic mass is 10.1. The second-order valence-electron chi connectivity index (χ2n) is 7.62. The van der Waals surface area contributed by atoms with Gasteiger partial charge in [-0.3, -0.25) is 4.79 Å². The Morgan fingerprint density at radius 2 is 1.85 bits per heavy atom. The Labute approximate surface area is 154 Å². The highest BCUT2D eigenvalue weighted by molar-refractivity contribution is 7.89. The third-order valence-electron chi connectivity index (χ3n) is 4.01. The molecule has 2 aromatic rings. The van der Waals surface area contributed by atoms with E-state index in [1.54, 1.807) is 50.1 Å². The molecule has 1 aliphatic carbocycles. The maximum absolute atomic E-state index is 12.9. The Balaban J connectivity index is 1.77. The van der Waals surface area contributed by atoms with E-state index in [1.807, 2.05) is 6.07 Å². The van der Waals surface area contributed by atoms with Gasteiger partial charge in [0, 0.05) is 17.1 Å². The van der Waals surface area contributed by atoms with Gasteiger partial charge in [0.2, 0.25) is 10.0 Å². The van der Waals surface area contributed by atoms with Crippen LogP contribution in [0.4, 0.5) is 0 Å². The molecule has 1 fully saturated rings. The molecule has 7 heteroatoms. The fourth-order valence-corrected chi connectivity index (χ4v) is 4.15. The second-order valence-corrected chi connectivity index (χ2v) is 9.31. The Hall–Kier alpha value is -2.12. The van der Waals surface area contributed by atoms with Crippen LogP contribution >= 0.6 is 0 Å². The average molecular weight is 376 g/mol. The maximum atomic E-state index is 12.9. The summed E-state index contributed by atoms with van der Waals surface area (Å²) >= 11 is 0. The molecule has 0 unspecified atom stereocenters. The predicted octanol–water partition coefficient (Wildman–Crippen LogP) is 3.16. The molecular formula is C19H24N2O4S. The van der Waals surface area contributed by atoms with Crippen molar-refractivity contribution in [1.29, 1.82) is 0 Å². The highest BCUT2D eigenvalue weighted by atomic mass is 32.2. The Kier molecular flexibility index (Phi) is 4.94. The van der Waals surface area contributed by atoms with Gasteiger partial charge >= 0.3 is 0 Å². The van der Waals surface area contributed by atoms with E-state index in [2.05, 4.69) is 4.72 Å². The lowest BCUT2D eigenvalue weighted by Crippen LogP contribution is -2.40. The summed E-state index contributed by atoms with van der Waals surface area (Å²) in [5, 5.41) is 0. The predicted molar refractivity (Wildman–Crippen MR) is 98.1 cm³/mol. The van der Waals surface area contributed by atoms with Crippen LogP contribution in [0, 0.1) is 0 Å². The minimum atomic E-state index is -3.62. The van der Waals surface area contributed by atoms with Crippen LogP contribution in [-0.4, -0.2) is 30.8 Å². The topological polar surface area (TPSA) is 79.6 Å². The van der Waals surface area contributed by atoms with Crippen molar-refractivity contribution in [1.82, 2.24) is 9.62 Å². The van der Waals surface area contributed by atoms with Crippen LogP contribution in [0.15, 0.2) is 52.0 Å². The van der Waals surface area contributed by atoms with Crippen LogP contribution in [-0.2, 0) is 16.6 Å². The first kappa shape index (κ1) is 18.7. The second kappa shape index (κ2) is 6.89. The minimum Gasteiger partial charge on any atom is -0.467 e. The molecule has 1 saturated carbocycles. The van der Waals surface area contributed by atoms with Crippen molar-refractivity contribution in [2.24, 2.45) is 0 Å². The van der Waals surface area contributed by atoms with Crippen molar-refractivity contribution in [2.75, 3.05) is 0 Å². The molecule has 0 saturated heterocycles. The third-order valence-corrected chi connectivity index (χ3v) is 5.78. The lowest BCUT2D eigenvalue weighted by molar-refractivity contribution is 0.0717. The highest BCUT2D eigenvalue weighted by Gasteiger charge is 2.33. The van der Waals surface area contributed by atoms with E-state index >= 15 is 0 Å². The highest BCUT2D eigenvalue weighted by Crippen LogP contribution is 2.30. The molecule has 1 aliphatic rings. The number of benzene rings is 1. The van der Waals surface area contributed by atoms with Gasteiger partial charge in [0.1, 0.15) is 5.76 Å². The van der Waals surface area contributed by atoms with Gasteiger partial charge in [0.25, 0.3) is 5.91 Å². The standard InChI is InChI=1S/C19H24N2O4S/c1-19(2,3)20-26(23,24)17-10-6-14(7-11-17)18(22)21(15-8-9-15)13-16-5-4-12-25-16/h4-7,10-12,15,20H,8-9,13H2,1-3H3. The van der Waals surface area contributed by atoms with Crippen molar-refractivity contribution >= 4 is 15.9 Å². The molecule has 26 heavy (non-hydrogen) atoms. The van der Waals surface area contributed by atoms with Crippen molar-refractivity contribution in [2.45, 2.75) is 56.6 Å². The van der Waals surface area contributed by atoms with Gasteiger partial charge in [-0.25, -0.2) is 13.1 Å². The Bertz CT molecular complexity index is 861.